The van der Waals surface area contributed by atoms with Crippen molar-refractivity contribution >= 4 is 28.3 Å². The van der Waals surface area contributed by atoms with Crippen molar-refractivity contribution in [3.05, 3.63) is 95.1 Å². The van der Waals surface area contributed by atoms with Gasteiger partial charge in [-0.1, -0.05) is 48.5 Å². The van der Waals surface area contributed by atoms with E-state index in [4.69, 9.17) is 14.5 Å². The molecule has 1 fully saturated rings. The summed E-state index contributed by atoms with van der Waals surface area (Å²) in [6, 6.07) is 23.2. The molecule has 0 amide bonds. The maximum absolute atomic E-state index is 12.0. The van der Waals surface area contributed by atoms with Crippen molar-refractivity contribution in [2.24, 2.45) is 4.99 Å². The lowest BCUT2D eigenvalue weighted by molar-refractivity contribution is 0.0388. The number of nitrogens with one attached hydrogen (secondary N) is 1. The van der Waals surface area contributed by atoms with E-state index in [-0.39, 0.29) is 5.88 Å². The zero-order chi connectivity index (χ0) is 25.8. The second kappa shape index (κ2) is 11.0. The van der Waals surface area contributed by atoms with Crippen LogP contribution in [0.1, 0.15) is 39.9 Å². The molecule has 2 N–H and O–H groups in total. The van der Waals surface area contributed by atoms with Crippen LogP contribution < -0.4 is 0 Å². The molecule has 190 valence electrons. The van der Waals surface area contributed by atoms with E-state index in [1.807, 2.05) is 42.5 Å². The van der Waals surface area contributed by atoms with Gasteiger partial charge in [0, 0.05) is 43.2 Å². The van der Waals surface area contributed by atoms with Crippen LogP contribution in [0.4, 0.5) is 5.69 Å². The number of ether oxygens (including phenoxy) is 2. The van der Waals surface area contributed by atoms with Gasteiger partial charge < -0.3 is 19.6 Å². The Kier molecular flexibility index (Phi) is 7.35. The van der Waals surface area contributed by atoms with Crippen molar-refractivity contribution in [2.75, 3.05) is 27.3 Å². The number of carbonyl (C=O) groups excluding carboxylic acids is 1. The molecule has 3 aromatic carbocycles. The second-order valence-electron chi connectivity index (χ2n) is 9.30. The van der Waals surface area contributed by atoms with E-state index in [1.54, 1.807) is 25.3 Å². The Morgan fingerprint density at radius 2 is 1.73 bits per heavy atom. The van der Waals surface area contributed by atoms with Gasteiger partial charge in [-0.3, -0.25) is 4.90 Å². The number of benzene rings is 3. The number of rotatable bonds is 7. The Balaban J connectivity index is 1.47. The number of hydrogen-bond donors (Lipinski definition) is 2. The molecule has 37 heavy (non-hydrogen) atoms. The van der Waals surface area contributed by atoms with Gasteiger partial charge in [-0.05, 0) is 42.7 Å². The summed E-state index contributed by atoms with van der Waals surface area (Å²) in [5, 5.41) is 11.7. The Hall–Kier alpha value is -3.94. The average molecular weight is 498 g/mol. The Morgan fingerprint density at radius 1 is 1.00 bits per heavy atom. The second-order valence-corrected chi connectivity index (χ2v) is 9.30. The quantitative estimate of drug-likeness (QED) is 0.262. The van der Waals surface area contributed by atoms with Crippen LogP contribution in [-0.2, 0) is 16.0 Å². The van der Waals surface area contributed by atoms with E-state index in [9.17, 15) is 9.90 Å². The lowest BCUT2D eigenvalue weighted by atomic mass is 10.00. The van der Waals surface area contributed by atoms with E-state index in [0.29, 0.717) is 28.5 Å². The highest BCUT2D eigenvalue weighted by atomic mass is 16.5. The van der Waals surface area contributed by atoms with Gasteiger partial charge in [0.2, 0.25) is 0 Å². The predicted octanol–water partition coefficient (Wildman–Crippen LogP) is 5.44. The number of aromatic amines is 1. The number of carbonyl (C=O) groups is 1. The molecule has 1 aliphatic rings. The number of hydrogen-bond acceptors (Lipinski definition) is 6. The monoisotopic (exact) mass is 497 g/mol. The topological polar surface area (TPSA) is 87.2 Å². The average Bonchev–Trinajstić information content (AvgIpc) is 3.27. The summed E-state index contributed by atoms with van der Waals surface area (Å²) in [5.74, 6) is -0.437. The van der Waals surface area contributed by atoms with Crippen molar-refractivity contribution < 1.29 is 19.4 Å². The lowest BCUT2D eigenvalue weighted by Crippen LogP contribution is -2.36. The standard InChI is InChI=1S/C30H31N3O4/c1-36-24-14-16-33(17-15-24)19-20-8-11-23(12-9-20)31-28(21-6-4-3-5-7-21)27-25-13-10-22(30(35)37-2)18-26(25)32-29(27)34/h3-13,18,24,32,34H,14-17,19H2,1-2H3. The van der Waals surface area contributed by atoms with Crippen molar-refractivity contribution in [3.63, 3.8) is 0 Å². The molecule has 0 atom stereocenters. The summed E-state index contributed by atoms with van der Waals surface area (Å²) >= 11 is 0. The van der Waals surface area contributed by atoms with Crippen molar-refractivity contribution in [1.29, 1.82) is 0 Å². The van der Waals surface area contributed by atoms with Crippen LogP contribution in [0.5, 0.6) is 5.88 Å². The molecule has 0 bridgehead atoms. The van der Waals surface area contributed by atoms with Crippen molar-refractivity contribution in [2.45, 2.75) is 25.5 Å². The molecule has 4 aromatic rings. The van der Waals surface area contributed by atoms with E-state index < -0.39 is 5.97 Å². The summed E-state index contributed by atoms with van der Waals surface area (Å²) in [7, 11) is 3.14. The third-order valence-electron chi connectivity index (χ3n) is 6.94. The van der Waals surface area contributed by atoms with Gasteiger partial charge in [0.15, 0.2) is 5.88 Å². The number of likely N-dealkylation sites (tertiary alicyclic amines) is 1. The molecule has 0 radical (unpaired) electrons. The molecule has 0 spiro atoms. The minimum atomic E-state index is -0.433. The number of piperidine rings is 1. The summed E-state index contributed by atoms with van der Waals surface area (Å²) in [4.78, 5) is 22.4. The molecule has 1 saturated heterocycles. The maximum atomic E-state index is 12.0. The van der Waals surface area contributed by atoms with Gasteiger partial charge >= 0.3 is 5.97 Å². The lowest BCUT2D eigenvalue weighted by Gasteiger charge is -2.31. The van der Waals surface area contributed by atoms with Gasteiger partial charge in [-0.2, -0.15) is 0 Å². The number of H-pyrrole nitrogens is 1. The molecular formula is C30H31N3O4. The van der Waals surface area contributed by atoms with Crippen molar-refractivity contribution in [3.8, 4) is 5.88 Å². The van der Waals surface area contributed by atoms with Gasteiger partial charge in [-0.15, -0.1) is 0 Å². The summed E-state index contributed by atoms with van der Waals surface area (Å²) in [6.45, 7) is 2.97. The Morgan fingerprint density at radius 3 is 2.41 bits per heavy atom. The van der Waals surface area contributed by atoms with Crippen LogP contribution in [0.3, 0.4) is 0 Å². The minimum absolute atomic E-state index is 0.00398. The highest BCUT2D eigenvalue weighted by Gasteiger charge is 2.21. The molecule has 7 heteroatoms. The van der Waals surface area contributed by atoms with Gasteiger partial charge in [-0.25, -0.2) is 9.79 Å². The highest BCUT2D eigenvalue weighted by Crippen LogP contribution is 2.32. The van der Waals surface area contributed by atoms with Gasteiger partial charge in [0.05, 0.1) is 35.7 Å². The van der Waals surface area contributed by atoms with Crippen LogP contribution in [0, 0.1) is 0 Å². The molecule has 7 nitrogen and oxygen atoms in total. The smallest absolute Gasteiger partial charge is 0.337 e. The largest absolute Gasteiger partial charge is 0.494 e. The molecule has 0 aliphatic carbocycles. The SMILES string of the molecule is COC(=O)c1ccc2c(C(=Nc3ccc(CN4CCC(OC)CC4)cc3)c3ccccc3)c(O)[nH]c2c1. The number of fused-ring (bicyclic) bond motifs is 1. The molecule has 5 rings (SSSR count). The fourth-order valence-electron chi connectivity index (χ4n) is 4.89. The Bertz CT molecular complexity index is 1400. The van der Waals surface area contributed by atoms with Crippen LogP contribution in [0.2, 0.25) is 0 Å². The first-order valence-electron chi connectivity index (χ1n) is 12.5. The normalized spacial score (nSPS) is 15.2. The van der Waals surface area contributed by atoms with Crippen LogP contribution in [0.25, 0.3) is 10.9 Å². The van der Waals surface area contributed by atoms with Crippen molar-refractivity contribution in [1.82, 2.24) is 9.88 Å². The van der Waals surface area contributed by atoms with E-state index in [2.05, 4.69) is 22.0 Å². The van der Waals surface area contributed by atoms with E-state index in [1.165, 1.54) is 12.7 Å². The van der Waals surface area contributed by atoms with Crippen LogP contribution >= 0.6 is 0 Å². The molecule has 1 aliphatic heterocycles. The van der Waals surface area contributed by atoms with E-state index >= 15 is 0 Å². The number of esters is 1. The maximum Gasteiger partial charge on any atom is 0.337 e. The summed E-state index contributed by atoms with van der Waals surface area (Å²) in [6.07, 6.45) is 2.50. The number of aromatic hydroxyl groups is 1. The number of nitrogens with zero attached hydrogens (tertiary/aromatic N) is 2. The predicted molar refractivity (Wildman–Crippen MR) is 145 cm³/mol. The summed E-state index contributed by atoms with van der Waals surface area (Å²) < 4.78 is 10.3. The first-order valence-corrected chi connectivity index (χ1v) is 12.5. The summed E-state index contributed by atoms with van der Waals surface area (Å²) in [5.41, 5.74) is 5.17. The third-order valence-corrected chi connectivity index (χ3v) is 6.94. The molecule has 2 heterocycles. The Labute approximate surface area is 216 Å². The first kappa shape index (κ1) is 24.7. The molecule has 0 unspecified atom stereocenters. The fourth-order valence-corrected chi connectivity index (χ4v) is 4.89. The van der Waals surface area contributed by atoms with Crippen LogP contribution in [-0.4, -0.2) is 60.1 Å². The van der Waals surface area contributed by atoms with Gasteiger partial charge in [0.1, 0.15) is 0 Å². The number of aromatic nitrogens is 1. The molecule has 0 saturated carbocycles. The molecule has 1 aromatic heterocycles. The number of methoxy groups -OCH3 is 2. The first-order chi connectivity index (χ1) is 18.1. The minimum Gasteiger partial charge on any atom is -0.494 e. The van der Waals surface area contributed by atoms with Crippen LogP contribution in [0.15, 0.2) is 77.8 Å². The van der Waals surface area contributed by atoms with E-state index in [0.717, 1.165) is 49.1 Å². The zero-order valence-electron chi connectivity index (χ0n) is 21.1. The number of aliphatic imine (C=N–C) groups is 1. The highest BCUT2D eigenvalue weighted by molar-refractivity contribution is 6.22. The third kappa shape index (κ3) is 5.43. The van der Waals surface area contributed by atoms with Gasteiger partial charge in [0.25, 0.3) is 0 Å². The molecular weight excluding hydrogens is 466 g/mol. The zero-order valence-corrected chi connectivity index (χ0v) is 21.1. The fraction of sp³-hybridized carbons (Fsp3) is 0.267.